The van der Waals surface area contributed by atoms with Crippen molar-refractivity contribution in [1.29, 1.82) is 0 Å². The van der Waals surface area contributed by atoms with Gasteiger partial charge >= 0.3 is 0 Å². The van der Waals surface area contributed by atoms with Gasteiger partial charge in [-0.05, 0) is 70.3 Å². The van der Waals surface area contributed by atoms with Gasteiger partial charge in [-0.2, -0.15) is 0 Å². The Morgan fingerprint density at radius 2 is 1.31 bits per heavy atom. The van der Waals surface area contributed by atoms with Crippen LogP contribution >= 0.6 is 0 Å². The molecule has 0 saturated heterocycles. The Labute approximate surface area is 195 Å². The van der Waals surface area contributed by atoms with E-state index in [1.54, 1.807) is 0 Å². The molecule has 0 saturated carbocycles. The van der Waals surface area contributed by atoms with E-state index < -0.39 is 0 Å². The summed E-state index contributed by atoms with van der Waals surface area (Å²) in [5, 5.41) is 0. The standard InChI is InChI=1S/C31H39N/c1-8-10-22-31(6,7)26-16-20-28(21-17-26)32(29-13-11-12-24(9-2)23-29)27-18-14-25(15-19-27)30(3,4)5/h9,11-21,23H,2,8,10,22H2,1,3-7H3. The van der Waals surface area contributed by atoms with Crippen LogP contribution in [0, 0.1) is 0 Å². The van der Waals surface area contributed by atoms with Gasteiger partial charge in [-0.25, -0.2) is 0 Å². The Morgan fingerprint density at radius 1 is 0.750 bits per heavy atom. The lowest BCUT2D eigenvalue weighted by Gasteiger charge is -2.29. The first-order valence-electron chi connectivity index (χ1n) is 11.9. The average molecular weight is 426 g/mol. The molecule has 32 heavy (non-hydrogen) atoms. The second kappa shape index (κ2) is 9.77. The number of hydrogen-bond acceptors (Lipinski definition) is 1. The van der Waals surface area contributed by atoms with E-state index in [4.69, 9.17) is 0 Å². The Kier molecular flexibility index (Phi) is 7.29. The van der Waals surface area contributed by atoms with Gasteiger partial charge in [-0.3, -0.25) is 0 Å². The lowest BCUT2D eigenvalue weighted by Crippen LogP contribution is -2.17. The van der Waals surface area contributed by atoms with E-state index in [0.717, 1.165) is 16.9 Å². The van der Waals surface area contributed by atoms with Gasteiger partial charge in [-0.1, -0.05) is 103 Å². The van der Waals surface area contributed by atoms with Crippen molar-refractivity contribution in [3.8, 4) is 0 Å². The smallest absolute Gasteiger partial charge is 0.0467 e. The first-order chi connectivity index (χ1) is 15.2. The van der Waals surface area contributed by atoms with E-state index >= 15 is 0 Å². The molecule has 3 aromatic rings. The van der Waals surface area contributed by atoms with Crippen LogP contribution in [-0.2, 0) is 10.8 Å². The fourth-order valence-electron chi connectivity index (χ4n) is 4.17. The van der Waals surface area contributed by atoms with Gasteiger partial charge in [0.2, 0.25) is 0 Å². The minimum absolute atomic E-state index is 0.137. The normalized spacial score (nSPS) is 11.9. The molecule has 0 bridgehead atoms. The highest BCUT2D eigenvalue weighted by atomic mass is 15.1. The molecular formula is C31H39N. The van der Waals surface area contributed by atoms with E-state index in [1.807, 2.05) is 6.08 Å². The molecule has 3 aromatic carbocycles. The van der Waals surface area contributed by atoms with Gasteiger partial charge in [0, 0.05) is 17.1 Å². The number of unbranched alkanes of at least 4 members (excludes halogenated alkanes) is 1. The zero-order valence-electron chi connectivity index (χ0n) is 20.8. The molecule has 0 aromatic heterocycles. The summed E-state index contributed by atoms with van der Waals surface area (Å²) in [5.41, 5.74) is 7.67. The third-order valence-corrected chi connectivity index (χ3v) is 6.42. The highest BCUT2D eigenvalue weighted by Crippen LogP contribution is 2.38. The Morgan fingerprint density at radius 3 is 1.81 bits per heavy atom. The van der Waals surface area contributed by atoms with Crippen LogP contribution in [0.3, 0.4) is 0 Å². The largest absolute Gasteiger partial charge is 0.310 e. The van der Waals surface area contributed by atoms with Crippen LogP contribution in [-0.4, -0.2) is 0 Å². The summed E-state index contributed by atoms with van der Waals surface area (Å²) in [6.07, 6.45) is 5.61. The summed E-state index contributed by atoms with van der Waals surface area (Å²) in [5.74, 6) is 0. The molecule has 0 atom stereocenters. The minimum Gasteiger partial charge on any atom is -0.310 e. The van der Waals surface area contributed by atoms with Crippen molar-refractivity contribution in [2.45, 2.75) is 71.6 Å². The fourth-order valence-corrected chi connectivity index (χ4v) is 4.17. The summed E-state index contributed by atoms with van der Waals surface area (Å²) in [7, 11) is 0. The lowest BCUT2D eigenvalue weighted by molar-refractivity contribution is 0.458. The molecule has 0 aliphatic rings. The maximum atomic E-state index is 3.96. The molecule has 0 unspecified atom stereocenters. The van der Waals surface area contributed by atoms with Gasteiger partial charge < -0.3 is 4.90 Å². The quantitative estimate of drug-likeness (QED) is 0.347. The van der Waals surface area contributed by atoms with E-state index in [1.165, 1.54) is 36.1 Å². The van der Waals surface area contributed by atoms with Crippen molar-refractivity contribution in [2.75, 3.05) is 4.90 Å². The molecule has 0 amide bonds. The average Bonchev–Trinajstić information content (AvgIpc) is 2.78. The second-order valence-electron chi connectivity index (χ2n) is 10.5. The van der Waals surface area contributed by atoms with Gasteiger partial charge in [-0.15, -0.1) is 0 Å². The van der Waals surface area contributed by atoms with E-state index in [2.05, 4.69) is 126 Å². The molecule has 0 aliphatic heterocycles. The maximum absolute atomic E-state index is 3.96. The van der Waals surface area contributed by atoms with Gasteiger partial charge in [0.15, 0.2) is 0 Å². The molecule has 0 spiro atoms. The number of hydrogen-bond donors (Lipinski definition) is 0. The molecule has 3 rings (SSSR count). The van der Waals surface area contributed by atoms with Gasteiger partial charge in [0.25, 0.3) is 0 Å². The fraction of sp³-hybridized carbons (Fsp3) is 0.355. The van der Waals surface area contributed by atoms with Crippen molar-refractivity contribution in [2.24, 2.45) is 0 Å². The van der Waals surface area contributed by atoms with Gasteiger partial charge in [0.1, 0.15) is 0 Å². The zero-order chi connectivity index (χ0) is 23.4. The molecule has 1 nitrogen and oxygen atoms in total. The van der Waals surface area contributed by atoms with E-state index in [9.17, 15) is 0 Å². The molecule has 1 heteroatoms. The van der Waals surface area contributed by atoms with E-state index in [-0.39, 0.29) is 10.8 Å². The Balaban J connectivity index is 2.04. The summed E-state index contributed by atoms with van der Waals surface area (Å²) in [6, 6.07) is 26.7. The van der Waals surface area contributed by atoms with E-state index in [0.29, 0.717) is 0 Å². The molecule has 0 radical (unpaired) electrons. The summed E-state index contributed by atoms with van der Waals surface area (Å²) >= 11 is 0. The van der Waals surface area contributed by atoms with Crippen LogP contribution in [0.25, 0.3) is 6.08 Å². The molecule has 168 valence electrons. The first kappa shape index (κ1) is 23.9. The maximum Gasteiger partial charge on any atom is 0.0467 e. The van der Waals surface area contributed by atoms with Crippen LogP contribution in [0.1, 0.15) is 77.5 Å². The van der Waals surface area contributed by atoms with Crippen LogP contribution in [0.5, 0.6) is 0 Å². The van der Waals surface area contributed by atoms with Crippen LogP contribution in [0.2, 0.25) is 0 Å². The lowest BCUT2D eigenvalue weighted by atomic mass is 9.80. The predicted octanol–water partition coefficient (Wildman–Crippen LogP) is 9.56. The zero-order valence-corrected chi connectivity index (χ0v) is 20.8. The predicted molar refractivity (Wildman–Crippen MR) is 142 cm³/mol. The van der Waals surface area contributed by atoms with Crippen molar-refractivity contribution in [3.05, 3.63) is 96.1 Å². The highest BCUT2D eigenvalue weighted by molar-refractivity contribution is 5.78. The SMILES string of the molecule is C=Cc1cccc(N(c2ccc(C(C)(C)C)cc2)c2ccc(C(C)(C)CCCC)cc2)c1. The topological polar surface area (TPSA) is 3.24 Å². The van der Waals surface area contributed by atoms with Crippen LogP contribution in [0.15, 0.2) is 79.4 Å². The monoisotopic (exact) mass is 425 g/mol. The molecular weight excluding hydrogens is 386 g/mol. The molecule has 0 N–H and O–H groups in total. The summed E-state index contributed by atoms with van der Waals surface area (Å²) in [4.78, 5) is 2.34. The highest BCUT2D eigenvalue weighted by Gasteiger charge is 2.21. The third-order valence-electron chi connectivity index (χ3n) is 6.42. The minimum atomic E-state index is 0.137. The molecule has 0 aliphatic carbocycles. The van der Waals surface area contributed by atoms with Gasteiger partial charge in [0.05, 0.1) is 0 Å². The Bertz CT molecular complexity index is 1020. The molecule has 0 fully saturated rings. The third kappa shape index (κ3) is 5.51. The summed E-state index contributed by atoms with van der Waals surface area (Å²) < 4.78 is 0. The van der Waals surface area contributed by atoms with Crippen molar-refractivity contribution >= 4 is 23.1 Å². The van der Waals surface area contributed by atoms with Crippen molar-refractivity contribution in [1.82, 2.24) is 0 Å². The van der Waals surface area contributed by atoms with Crippen LogP contribution in [0.4, 0.5) is 17.1 Å². The van der Waals surface area contributed by atoms with Crippen molar-refractivity contribution < 1.29 is 0 Å². The first-order valence-corrected chi connectivity index (χ1v) is 11.9. The van der Waals surface area contributed by atoms with Crippen molar-refractivity contribution in [3.63, 3.8) is 0 Å². The Hall–Kier alpha value is -2.80. The molecule has 0 heterocycles. The number of benzene rings is 3. The second-order valence-corrected chi connectivity index (χ2v) is 10.5. The van der Waals surface area contributed by atoms with Crippen LogP contribution < -0.4 is 4.90 Å². The number of nitrogens with zero attached hydrogens (tertiary/aromatic N) is 1. The summed E-state index contributed by atoms with van der Waals surface area (Å²) in [6.45, 7) is 17.7. The number of anilines is 3. The number of rotatable bonds is 8.